The van der Waals surface area contributed by atoms with Crippen molar-refractivity contribution in [2.45, 2.75) is 13.3 Å². The minimum absolute atomic E-state index is 0.0949. The topological polar surface area (TPSA) is 67.4 Å². The largest absolute Gasteiger partial charge is 0.493 e. The Bertz CT molecular complexity index is 686. The maximum atomic E-state index is 12.8. The molecular formula is C17H17FN2O3. The van der Waals surface area contributed by atoms with Crippen molar-refractivity contribution in [3.05, 3.63) is 65.5 Å². The van der Waals surface area contributed by atoms with Gasteiger partial charge in [0.1, 0.15) is 11.6 Å². The zero-order valence-electron chi connectivity index (χ0n) is 12.6. The minimum Gasteiger partial charge on any atom is -0.493 e. The molecule has 2 aromatic rings. The lowest BCUT2D eigenvalue weighted by molar-refractivity contribution is -0.122. The summed E-state index contributed by atoms with van der Waals surface area (Å²) in [5, 5.41) is 0. The van der Waals surface area contributed by atoms with Crippen LogP contribution < -0.4 is 15.6 Å². The monoisotopic (exact) mass is 316 g/mol. The molecule has 2 rings (SSSR count). The van der Waals surface area contributed by atoms with Crippen molar-refractivity contribution in [2.75, 3.05) is 6.61 Å². The molecule has 0 aromatic heterocycles. The van der Waals surface area contributed by atoms with Crippen LogP contribution in [-0.4, -0.2) is 18.4 Å². The first-order valence-corrected chi connectivity index (χ1v) is 7.09. The summed E-state index contributed by atoms with van der Waals surface area (Å²) in [6.07, 6.45) is 0.0949. The second-order valence-corrected chi connectivity index (χ2v) is 4.92. The maximum Gasteiger partial charge on any atom is 0.269 e. The molecule has 0 unspecified atom stereocenters. The normalized spacial score (nSPS) is 10.0. The Morgan fingerprint density at radius 3 is 2.52 bits per heavy atom. The van der Waals surface area contributed by atoms with Gasteiger partial charge in [0.05, 0.1) is 13.0 Å². The number of carbonyl (C=O) groups excluding carboxylic acids is 2. The molecule has 0 saturated carbocycles. The average Bonchev–Trinajstić information content (AvgIpc) is 2.53. The van der Waals surface area contributed by atoms with E-state index in [9.17, 15) is 14.0 Å². The fourth-order valence-corrected chi connectivity index (χ4v) is 1.83. The lowest BCUT2D eigenvalue weighted by atomic mass is 10.2. The highest BCUT2D eigenvalue weighted by atomic mass is 19.1. The highest BCUT2D eigenvalue weighted by Gasteiger charge is 2.07. The Morgan fingerprint density at radius 2 is 1.83 bits per heavy atom. The molecule has 0 bridgehead atoms. The van der Waals surface area contributed by atoms with E-state index in [-0.39, 0.29) is 24.5 Å². The van der Waals surface area contributed by atoms with Crippen LogP contribution in [0.5, 0.6) is 5.75 Å². The van der Waals surface area contributed by atoms with Crippen molar-refractivity contribution >= 4 is 11.8 Å². The number of hydrogen-bond donors (Lipinski definition) is 2. The summed E-state index contributed by atoms with van der Waals surface area (Å²) >= 11 is 0. The molecule has 6 heteroatoms. The van der Waals surface area contributed by atoms with Crippen LogP contribution in [-0.2, 0) is 4.79 Å². The first-order valence-electron chi connectivity index (χ1n) is 7.09. The SMILES string of the molecule is Cc1cccc(OCCC(=O)NNC(=O)c2ccc(F)cc2)c1. The number of nitrogens with one attached hydrogen (secondary N) is 2. The quantitative estimate of drug-likeness (QED) is 0.832. The van der Waals surface area contributed by atoms with Crippen molar-refractivity contribution in [1.82, 2.24) is 10.9 Å². The fraction of sp³-hybridized carbons (Fsp3) is 0.176. The van der Waals surface area contributed by atoms with Gasteiger partial charge in [-0.25, -0.2) is 4.39 Å². The second-order valence-electron chi connectivity index (χ2n) is 4.92. The molecule has 2 amide bonds. The molecule has 2 N–H and O–H groups in total. The van der Waals surface area contributed by atoms with Gasteiger partial charge in [-0.15, -0.1) is 0 Å². The van der Waals surface area contributed by atoms with E-state index in [1.165, 1.54) is 24.3 Å². The zero-order valence-corrected chi connectivity index (χ0v) is 12.6. The van der Waals surface area contributed by atoms with Crippen molar-refractivity contribution in [1.29, 1.82) is 0 Å². The van der Waals surface area contributed by atoms with E-state index in [0.717, 1.165) is 5.56 Å². The first kappa shape index (κ1) is 16.5. The minimum atomic E-state index is -0.516. The van der Waals surface area contributed by atoms with Crippen LogP contribution >= 0.6 is 0 Å². The number of halogens is 1. The van der Waals surface area contributed by atoms with E-state index in [1.54, 1.807) is 6.07 Å². The predicted octanol–water partition coefficient (Wildman–Crippen LogP) is 2.36. The Hall–Kier alpha value is -2.89. The standard InChI is InChI=1S/C17H17FN2O3/c1-12-3-2-4-15(11-12)23-10-9-16(21)19-20-17(22)13-5-7-14(18)8-6-13/h2-8,11H,9-10H2,1H3,(H,19,21)(H,20,22). The lowest BCUT2D eigenvalue weighted by Gasteiger charge is -2.09. The highest BCUT2D eigenvalue weighted by molar-refractivity contribution is 5.95. The lowest BCUT2D eigenvalue weighted by Crippen LogP contribution is -2.42. The summed E-state index contributed by atoms with van der Waals surface area (Å²) in [6, 6.07) is 12.5. The summed E-state index contributed by atoms with van der Waals surface area (Å²) in [7, 11) is 0. The molecule has 0 saturated heterocycles. The van der Waals surface area contributed by atoms with E-state index >= 15 is 0 Å². The van der Waals surface area contributed by atoms with Crippen LogP contribution in [0.2, 0.25) is 0 Å². The van der Waals surface area contributed by atoms with E-state index in [1.807, 2.05) is 25.1 Å². The molecule has 0 radical (unpaired) electrons. The molecule has 5 nitrogen and oxygen atoms in total. The van der Waals surface area contributed by atoms with Gasteiger partial charge >= 0.3 is 0 Å². The smallest absolute Gasteiger partial charge is 0.269 e. The summed E-state index contributed by atoms with van der Waals surface area (Å²) in [4.78, 5) is 23.3. The molecule has 120 valence electrons. The third kappa shape index (κ3) is 5.43. The predicted molar refractivity (Wildman–Crippen MR) is 83.3 cm³/mol. The summed E-state index contributed by atoms with van der Waals surface area (Å²) < 4.78 is 18.2. The number of ether oxygens (including phenoxy) is 1. The van der Waals surface area contributed by atoms with Gasteiger partial charge in [-0.2, -0.15) is 0 Å². The number of aryl methyl sites for hydroxylation is 1. The maximum absolute atomic E-state index is 12.8. The van der Waals surface area contributed by atoms with Gasteiger partial charge < -0.3 is 4.74 Å². The van der Waals surface area contributed by atoms with Crippen LogP contribution in [0.1, 0.15) is 22.3 Å². The zero-order chi connectivity index (χ0) is 16.7. The summed E-state index contributed by atoms with van der Waals surface area (Å²) in [6.45, 7) is 2.15. The Balaban J connectivity index is 1.70. The van der Waals surface area contributed by atoms with E-state index in [4.69, 9.17) is 4.74 Å². The molecule has 0 spiro atoms. The van der Waals surface area contributed by atoms with E-state index in [2.05, 4.69) is 10.9 Å². The van der Waals surface area contributed by atoms with Crippen LogP contribution in [0.15, 0.2) is 48.5 Å². The Morgan fingerprint density at radius 1 is 1.09 bits per heavy atom. The highest BCUT2D eigenvalue weighted by Crippen LogP contribution is 2.12. The number of rotatable bonds is 5. The van der Waals surface area contributed by atoms with Crippen molar-refractivity contribution in [3.8, 4) is 5.75 Å². The first-order chi connectivity index (χ1) is 11.0. The molecule has 0 aliphatic rings. The molecule has 23 heavy (non-hydrogen) atoms. The molecule has 0 aliphatic heterocycles. The fourth-order valence-electron chi connectivity index (χ4n) is 1.83. The number of carbonyl (C=O) groups is 2. The van der Waals surface area contributed by atoms with Gasteiger partial charge in [0, 0.05) is 5.56 Å². The van der Waals surface area contributed by atoms with Crippen molar-refractivity contribution in [2.24, 2.45) is 0 Å². The molecule has 0 atom stereocenters. The van der Waals surface area contributed by atoms with Crippen molar-refractivity contribution < 1.29 is 18.7 Å². The van der Waals surface area contributed by atoms with Gasteiger partial charge in [0.25, 0.3) is 5.91 Å². The van der Waals surface area contributed by atoms with Crippen LogP contribution in [0.25, 0.3) is 0 Å². The van der Waals surface area contributed by atoms with Crippen LogP contribution in [0, 0.1) is 12.7 Å². The Labute approximate surface area is 133 Å². The molecule has 0 aliphatic carbocycles. The van der Waals surface area contributed by atoms with Gasteiger partial charge in [-0.1, -0.05) is 12.1 Å². The third-order valence-corrected chi connectivity index (χ3v) is 3.01. The summed E-state index contributed by atoms with van der Waals surface area (Å²) in [5.41, 5.74) is 5.86. The number of benzene rings is 2. The van der Waals surface area contributed by atoms with Crippen molar-refractivity contribution in [3.63, 3.8) is 0 Å². The molecule has 2 aromatic carbocycles. The van der Waals surface area contributed by atoms with Gasteiger partial charge in [-0.05, 0) is 48.9 Å². The van der Waals surface area contributed by atoms with Gasteiger partial charge in [-0.3, -0.25) is 20.4 Å². The van der Waals surface area contributed by atoms with E-state index < -0.39 is 11.7 Å². The van der Waals surface area contributed by atoms with Gasteiger partial charge in [0.15, 0.2) is 0 Å². The van der Waals surface area contributed by atoms with E-state index in [0.29, 0.717) is 5.75 Å². The third-order valence-electron chi connectivity index (χ3n) is 3.01. The second kappa shape index (κ2) is 7.93. The van der Waals surface area contributed by atoms with Crippen LogP contribution in [0.3, 0.4) is 0 Å². The number of hydrazine groups is 1. The average molecular weight is 316 g/mol. The number of amides is 2. The van der Waals surface area contributed by atoms with Gasteiger partial charge in [0.2, 0.25) is 5.91 Å². The Kier molecular flexibility index (Phi) is 5.68. The number of hydrogen-bond acceptors (Lipinski definition) is 3. The van der Waals surface area contributed by atoms with Crippen LogP contribution in [0.4, 0.5) is 4.39 Å². The molecular weight excluding hydrogens is 299 g/mol. The summed E-state index contributed by atoms with van der Waals surface area (Å²) in [5.74, 6) is -0.641. The molecule has 0 fully saturated rings. The molecule has 0 heterocycles.